The Morgan fingerprint density at radius 1 is 1.24 bits per heavy atom. The number of benzene rings is 2. The summed E-state index contributed by atoms with van der Waals surface area (Å²) in [4.78, 5) is 1.74. The van der Waals surface area contributed by atoms with Crippen molar-refractivity contribution in [2.45, 2.75) is 10.9 Å². The minimum Gasteiger partial charge on any atom is -0.497 e. The van der Waals surface area contributed by atoms with E-state index in [4.69, 9.17) is 16.3 Å². The summed E-state index contributed by atoms with van der Waals surface area (Å²) in [6.45, 7) is 0.121. The van der Waals surface area contributed by atoms with Gasteiger partial charge in [-0.2, -0.15) is 0 Å². The summed E-state index contributed by atoms with van der Waals surface area (Å²) in [5, 5.41) is -0.157. The Kier molecular flexibility index (Phi) is 6.40. The fourth-order valence-corrected chi connectivity index (χ4v) is 3.97. The molecule has 0 aliphatic carbocycles. The summed E-state index contributed by atoms with van der Waals surface area (Å²) >= 11 is 5.86. The van der Waals surface area contributed by atoms with E-state index in [1.54, 1.807) is 7.11 Å². The van der Waals surface area contributed by atoms with E-state index in [1.165, 1.54) is 0 Å². The van der Waals surface area contributed by atoms with Crippen LogP contribution in [0.2, 0.25) is 5.02 Å². The van der Waals surface area contributed by atoms with Gasteiger partial charge >= 0.3 is 0 Å². The molecule has 0 saturated heterocycles. The van der Waals surface area contributed by atoms with Gasteiger partial charge in [0.1, 0.15) is 16.5 Å². The van der Waals surface area contributed by atoms with Crippen LogP contribution in [0.15, 0.2) is 47.4 Å². The molecule has 0 heterocycles. The van der Waals surface area contributed by atoms with Crippen LogP contribution in [0.3, 0.4) is 0 Å². The van der Waals surface area contributed by atoms with Gasteiger partial charge in [0.05, 0.1) is 12.1 Å². The maximum Gasteiger partial charge on any atom is 0.242 e. The highest BCUT2D eigenvalue weighted by molar-refractivity contribution is 7.89. The topological polar surface area (TPSA) is 58.6 Å². The molecule has 0 fully saturated rings. The van der Waals surface area contributed by atoms with Crippen molar-refractivity contribution >= 4 is 21.6 Å². The molecule has 2 aromatic rings. The third-order valence-corrected chi connectivity index (χ3v) is 5.66. The molecule has 0 unspecified atom stereocenters. The van der Waals surface area contributed by atoms with Crippen molar-refractivity contribution in [3.8, 4) is 5.75 Å². The van der Waals surface area contributed by atoms with Gasteiger partial charge in [0.15, 0.2) is 0 Å². The first kappa shape index (κ1) is 19.7. The number of likely N-dealkylation sites (N-methyl/N-ethyl adjacent to an activating group) is 1. The SMILES string of the molecule is COc1cccc([C@H](CNS(=O)(=O)c2ccc(F)cc2Cl)N(C)C)c1. The first-order valence-electron chi connectivity index (χ1n) is 7.49. The Morgan fingerprint density at radius 2 is 1.96 bits per heavy atom. The molecule has 8 heteroatoms. The van der Waals surface area contributed by atoms with E-state index in [0.29, 0.717) is 5.75 Å². The minimum absolute atomic E-state index is 0.121. The standard InChI is InChI=1S/C17H20ClFN2O3S/c1-21(2)16(12-5-4-6-14(9-12)24-3)11-20-25(22,23)17-8-7-13(19)10-15(17)18/h4-10,16,20H,11H2,1-3H3/t16-/m0/s1. The van der Waals surface area contributed by atoms with E-state index in [-0.39, 0.29) is 22.5 Å². The van der Waals surface area contributed by atoms with Gasteiger partial charge in [-0.15, -0.1) is 0 Å². The van der Waals surface area contributed by atoms with Crippen molar-refractivity contribution in [1.29, 1.82) is 0 Å². The van der Waals surface area contributed by atoms with Crippen LogP contribution >= 0.6 is 11.6 Å². The predicted molar refractivity (Wildman–Crippen MR) is 96.0 cm³/mol. The van der Waals surface area contributed by atoms with Crippen molar-refractivity contribution in [2.75, 3.05) is 27.7 Å². The maximum absolute atomic E-state index is 13.1. The number of hydrogen-bond donors (Lipinski definition) is 1. The van der Waals surface area contributed by atoms with Crippen molar-refractivity contribution in [2.24, 2.45) is 0 Å². The minimum atomic E-state index is -3.87. The molecule has 0 amide bonds. The van der Waals surface area contributed by atoms with Gasteiger partial charge < -0.3 is 9.64 Å². The number of sulfonamides is 1. The van der Waals surface area contributed by atoms with Crippen molar-refractivity contribution < 1.29 is 17.5 Å². The first-order chi connectivity index (χ1) is 11.7. The van der Waals surface area contributed by atoms with Crippen LogP contribution in [-0.2, 0) is 10.0 Å². The van der Waals surface area contributed by atoms with Crippen molar-refractivity contribution in [3.05, 3.63) is 58.9 Å². The van der Waals surface area contributed by atoms with Crippen LogP contribution in [0.25, 0.3) is 0 Å². The Hall–Kier alpha value is -1.67. The van der Waals surface area contributed by atoms with Gasteiger partial charge in [-0.3, -0.25) is 0 Å². The van der Waals surface area contributed by atoms with Gasteiger partial charge in [-0.25, -0.2) is 17.5 Å². The molecule has 1 atom stereocenters. The second-order valence-corrected chi connectivity index (χ2v) is 7.83. The zero-order valence-electron chi connectivity index (χ0n) is 14.2. The summed E-state index contributed by atoms with van der Waals surface area (Å²) in [5.74, 6) is 0.0975. The number of nitrogens with zero attached hydrogens (tertiary/aromatic N) is 1. The molecule has 2 rings (SSSR count). The highest BCUT2D eigenvalue weighted by atomic mass is 35.5. The predicted octanol–water partition coefficient (Wildman–Crippen LogP) is 3.07. The highest BCUT2D eigenvalue weighted by Crippen LogP contribution is 2.25. The molecule has 0 aromatic heterocycles. The quantitative estimate of drug-likeness (QED) is 0.794. The maximum atomic E-state index is 13.1. The molecular weight excluding hydrogens is 367 g/mol. The number of hydrogen-bond acceptors (Lipinski definition) is 4. The lowest BCUT2D eigenvalue weighted by molar-refractivity contribution is 0.298. The highest BCUT2D eigenvalue weighted by Gasteiger charge is 2.22. The van der Waals surface area contributed by atoms with E-state index in [9.17, 15) is 12.8 Å². The molecular formula is C17H20ClFN2O3S. The molecule has 0 aliphatic heterocycles. The van der Waals surface area contributed by atoms with Gasteiger partial charge in [0.25, 0.3) is 0 Å². The average Bonchev–Trinajstić information content (AvgIpc) is 2.54. The van der Waals surface area contributed by atoms with Gasteiger partial charge in [-0.05, 0) is 50.0 Å². The number of ether oxygens (including phenoxy) is 1. The molecule has 0 bridgehead atoms. The van der Waals surface area contributed by atoms with E-state index in [0.717, 1.165) is 23.8 Å². The van der Waals surface area contributed by atoms with Crippen molar-refractivity contribution in [3.63, 3.8) is 0 Å². The number of rotatable bonds is 7. The Morgan fingerprint density at radius 3 is 2.56 bits per heavy atom. The lowest BCUT2D eigenvalue weighted by Crippen LogP contribution is -2.34. The number of methoxy groups -OCH3 is 1. The molecule has 2 aromatic carbocycles. The molecule has 0 radical (unpaired) electrons. The number of nitrogens with one attached hydrogen (secondary N) is 1. The Bertz CT molecular complexity index is 844. The van der Waals surface area contributed by atoms with E-state index in [1.807, 2.05) is 43.3 Å². The Balaban J connectivity index is 2.23. The summed E-state index contributed by atoms with van der Waals surface area (Å²) in [6.07, 6.45) is 0. The Labute approximate surface area is 152 Å². The van der Waals surface area contributed by atoms with E-state index < -0.39 is 15.8 Å². The number of halogens is 2. The van der Waals surface area contributed by atoms with Crippen LogP contribution in [0.1, 0.15) is 11.6 Å². The van der Waals surface area contributed by atoms with Gasteiger partial charge in [0, 0.05) is 12.6 Å². The monoisotopic (exact) mass is 386 g/mol. The van der Waals surface area contributed by atoms with Gasteiger partial charge in [0.2, 0.25) is 10.0 Å². The summed E-state index contributed by atoms with van der Waals surface area (Å²) in [7, 11) is 1.41. The van der Waals surface area contributed by atoms with E-state index in [2.05, 4.69) is 4.72 Å². The first-order valence-corrected chi connectivity index (χ1v) is 9.36. The normalized spacial score (nSPS) is 13.0. The fraction of sp³-hybridized carbons (Fsp3) is 0.294. The molecule has 0 saturated carbocycles. The van der Waals surface area contributed by atoms with Crippen molar-refractivity contribution in [1.82, 2.24) is 9.62 Å². The molecule has 0 aliphatic rings. The smallest absolute Gasteiger partial charge is 0.242 e. The lowest BCUT2D eigenvalue weighted by Gasteiger charge is -2.25. The molecule has 1 N–H and O–H groups in total. The summed E-state index contributed by atoms with van der Waals surface area (Å²) in [6, 6.07) is 10.4. The van der Waals surface area contributed by atoms with Crippen LogP contribution in [0.5, 0.6) is 5.75 Å². The third-order valence-electron chi connectivity index (χ3n) is 3.75. The average molecular weight is 387 g/mol. The summed E-state index contributed by atoms with van der Waals surface area (Å²) in [5.41, 5.74) is 0.900. The van der Waals surface area contributed by atoms with Crippen LogP contribution < -0.4 is 9.46 Å². The molecule has 0 spiro atoms. The van der Waals surface area contributed by atoms with Crippen LogP contribution in [0.4, 0.5) is 4.39 Å². The zero-order chi connectivity index (χ0) is 18.6. The fourth-order valence-electron chi connectivity index (χ4n) is 2.41. The third kappa shape index (κ3) is 4.92. The largest absolute Gasteiger partial charge is 0.497 e. The van der Waals surface area contributed by atoms with Crippen LogP contribution in [0, 0.1) is 5.82 Å². The molecule has 136 valence electrons. The zero-order valence-corrected chi connectivity index (χ0v) is 15.7. The molecule has 25 heavy (non-hydrogen) atoms. The summed E-state index contributed by atoms with van der Waals surface area (Å²) < 4.78 is 45.9. The van der Waals surface area contributed by atoms with Crippen LogP contribution in [-0.4, -0.2) is 41.1 Å². The second kappa shape index (κ2) is 8.14. The van der Waals surface area contributed by atoms with E-state index >= 15 is 0 Å². The lowest BCUT2D eigenvalue weighted by atomic mass is 10.1. The second-order valence-electron chi connectivity index (χ2n) is 5.68. The van der Waals surface area contributed by atoms with Gasteiger partial charge in [-0.1, -0.05) is 23.7 Å². The molecule has 5 nitrogen and oxygen atoms in total.